The van der Waals surface area contributed by atoms with Gasteiger partial charge >= 0.3 is 5.69 Å². The van der Waals surface area contributed by atoms with Gasteiger partial charge in [0.1, 0.15) is 11.6 Å². The molecule has 3 heterocycles. The number of hydrogen-bond donors (Lipinski definition) is 0. The van der Waals surface area contributed by atoms with E-state index in [0.717, 1.165) is 6.42 Å². The van der Waals surface area contributed by atoms with Crippen LogP contribution in [0, 0.1) is 5.82 Å². The Labute approximate surface area is 224 Å². The lowest BCUT2D eigenvalue weighted by Gasteiger charge is -2.40. The van der Waals surface area contributed by atoms with E-state index < -0.39 is 11.5 Å². The SMILES string of the molecule is C=CC(=O)N1CCN(c2nc(=O)n(-c3nccn3CCC)c3cc(-c4ccccc4F)c(Cl)cc23)[C@@H](C)C1. The molecule has 0 N–H and O–H groups in total. The molecule has 1 aliphatic heterocycles. The van der Waals surface area contributed by atoms with Crippen molar-refractivity contribution in [1.29, 1.82) is 0 Å². The number of aryl methyl sites for hydroxylation is 1. The molecule has 2 aromatic heterocycles. The lowest BCUT2D eigenvalue weighted by Crippen LogP contribution is -2.54. The second-order valence-electron chi connectivity index (χ2n) is 9.33. The van der Waals surface area contributed by atoms with Gasteiger partial charge in [-0.15, -0.1) is 0 Å². The maximum Gasteiger partial charge on any atom is 0.357 e. The lowest BCUT2D eigenvalue weighted by molar-refractivity contribution is -0.126. The molecule has 38 heavy (non-hydrogen) atoms. The minimum absolute atomic E-state index is 0.120. The van der Waals surface area contributed by atoms with E-state index in [2.05, 4.69) is 16.5 Å². The summed E-state index contributed by atoms with van der Waals surface area (Å²) in [4.78, 5) is 38.6. The minimum atomic E-state index is -0.505. The number of hydrogen-bond acceptors (Lipinski definition) is 5. The van der Waals surface area contributed by atoms with Crippen LogP contribution in [0.5, 0.6) is 0 Å². The van der Waals surface area contributed by atoms with E-state index in [1.54, 1.807) is 41.4 Å². The van der Waals surface area contributed by atoms with Gasteiger partial charge in [-0.05, 0) is 37.6 Å². The first-order chi connectivity index (χ1) is 18.3. The van der Waals surface area contributed by atoms with Crippen LogP contribution in [0.25, 0.3) is 28.0 Å². The predicted molar refractivity (Wildman–Crippen MR) is 147 cm³/mol. The third-order valence-corrected chi connectivity index (χ3v) is 7.18. The van der Waals surface area contributed by atoms with E-state index >= 15 is 0 Å². The molecular formula is C28H28ClFN6O2. The highest BCUT2D eigenvalue weighted by Crippen LogP contribution is 2.37. The number of fused-ring (bicyclic) bond motifs is 1. The summed E-state index contributed by atoms with van der Waals surface area (Å²) < 4.78 is 18.2. The van der Waals surface area contributed by atoms with Crippen molar-refractivity contribution in [1.82, 2.24) is 24.0 Å². The highest BCUT2D eigenvalue weighted by atomic mass is 35.5. The highest BCUT2D eigenvalue weighted by Gasteiger charge is 2.29. The molecule has 1 saturated heterocycles. The molecule has 2 aromatic carbocycles. The van der Waals surface area contributed by atoms with Crippen LogP contribution in [-0.4, -0.2) is 55.6 Å². The number of rotatable bonds is 6. The van der Waals surface area contributed by atoms with Crippen molar-refractivity contribution >= 4 is 34.2 Å². The average molecular weight is 535 g/mol. The van der Waals surface area contributed by atoms with E-state index in [-0.39, 0.29) is 11.9 Å². The van der Waals surface area contributed by atoms with Crippen LogP contribution in [0.1, 0.15) is 20.3 Å². The number of anilines is 1. The molecule has 0 unspecified atom stereocenters. The summed E-state index contributed by atoms with van der Waals surface area (Å²) >= 11 is 6.75. The van der Waals surface area contributed by atoms with Crippen molar-refractivity contribution < 1.29 is 9.18 Å². The Balaban J connectivity index is 1.75. The van der Waals surface area contributed by atoms with Crippen LogP contribution in [0.3, 0.4) is 0 Å². The molecule has 0 radical (unpaired) electrons. The van der Waals surface area contributed by atoms with E-state index in [0.29, 0.717) is 65.0 Å². The van der Waals surface area contributed by atoms with E-state index in [1.165, 1.54) is 16.7 Å². The van der Waals surface area contributed by atoms with Gasteiger partial charge in [0, 0.05) is 66.2 Å². The highest BCUT2D eigenvalue weighted by molar-refractivity contribution is 6.34. The summed E-state index contributed by atoms with van der Waals surface area (Å²) in [5, 5.41) is 0.969. The first-order valence-electron chi connectivity index (χ1n) is 12.5. The summed E-state index contributed by atoms with van der Waals surface area (Å²) in [6.07, 6.45) is 5.61. The van der Waals surface area contributed by atoms with Crippen LogP contribution in [-0.2, 0) is 11.3 Å². The van der Waals surface area contributed by atoms with Gasteiger partial charge < -0.3 is 14.4 Å². The normalized spacial score (nSPS) is 15.7. The number of piperazine rings is 1. The molecule has 1 fully saturated rings. The van der Waals surface area contributed by atoms with Crippen molar-refractivity contribution in [2.75, 3.05) is 24.5 Å². The van der Waals surface area contributed by atoms with Crippen molar-refractivity contribution in [2.24, 2.45) is 0 Å². The second-order valence-corrected chi connectivity index (χ2v) is 9.74. The maximum atomic E-state index is 14.8. The van der Waals surface area contributed by atoms with Gasteiger partial charge in [-0.25, -0.2) is 18.7 Å². The van der Waals surface area contributed by atoms with Crippen molar-refractivity contribution in [2.45, 2.75) is 32.9 Å². The summed E-state index contributed by atoms with van der Waals surface area (Å²) in [6, 6.07) is 9.73. The third kappa shape index (κ3) is 4.47. The molecule has 196 valence electrons. The van der Waals surface area contributed by atoms with Crippen molar-refractivity contribution in [3.8, 4) is 17.1 Å². The topological polar surface area (TPSA) is 76.3 Å². The number of benzene rings is 2. The smallest absolute Gasteiger partial charge is 0.350 e. The van der Waals surface area contributed by atoms with Crippen LogP contribution in [0.2, 0.25) is 5.02 Å². The number of amides is 1. The number of carbonyl (C=O) groups excluding carboxylic acids is 1. The van der Waals surface area contributed by atoms with Crippen molar-refractivity contribution in [3.63, 3.8) is 0 Å². The molecular weight excluding hydrogens is 507 g/mol. The van der Waals surface area contributed by atoms with Gasteiger partial charge in [-0.1, -0.05) is 43.3 Å². The molecule has 8 nitrogen and oxygen atoms in total. The van der Waals surface area contributed by atoms with Crippen LogP contribution in [0.4, 0.5) is 10.2 Å². The first kappa shape index (κ1) is 25.7. The second kappa shape index (κ2) is 10.4. The number of carbonyl (C=O) groups is 1. The molecule has 0 bridgehead atoms. The first-order valence-corrected chi connectivity index (χ1v) is 12.9. The van der Waals surface area contributed by atoms with Crippen LogP contribution < -0.4 is 10.6 Å². The standard InChI is InChI=1S/C28H28ClFN6O2/c1-4-11-33-12-10-31-27(33)36-24-16-20(19-8-6-7-9-23(19)30)22(29)15-21(24)26(32-28(36)38)35-14-13-34(17-18(35)3)25(37)5-2/h5-10,12,15-16,18H,2,4,11,13-14,17H2,1,3H3/t18-/m0/s1. The number of halogens is 2. The quantitative estimate of drug-likeness (QED) is 0.336. The summed E-state index contributed by atoms with van der Waals surface area (Å²) in [5.41, 5.74) is 0.807. The van der Waals surface area contributed by atoms with E-state index in [1.807, 2.05) is 29.5 Å². The number of nitrogens with zero attached hydrogens (tertiary/aromatic N) is 6. The average Bonchev–Trinajstić information content (AvgIpc) is 3.36. The predicted octanol–water partition coefficient (Wildman–Crippen LogP) is 4.67. The fraction of sp³-hybridized carbons (Fsp3) is 0.286. The van der Waals surface area contributed by atoms with Gasteiger partial charge in [0.05, 0.1) is 5.52 Å². The lowest BCUT2D eigenvalue weighted by atomic mass is 10.0. The van der Waals surface area contributed by atoms with Gasteiger partial charge in [0.2, 0.25) is 11.9 Å². The Morgan fingerprint density at radius 3 is 2.74 bits per heavy atom. The summed E-state index contributed by atoms with van der Waals surface area (Å²) in [6.45, 7) is 9.66. The molecule has 1 atom stereocenters. The summed E-state index contributed by atoms with van der Waals surface area (Å²) in [5.74, 6) is 0.346. The Morgan fingerprint density at radius 1 is 1.24 bits per heavy atom. The number of aromatic nitrogens is 4. The molecule has 5 rings (SSSR count). The van der Waals surface area contributed by atoms with E-state index in [9.17, 15) is 14.0 Å². The molecule has 1 aliphatic rings. The van der Waals surface area contributed by atoms with Crippen LogP contribution >= 0.6 is 11.6 Å². The van der Waals surface area contributed by atoms with Crippen molar-refractivity contribution in [3.05, 3.63) is 82.8 Å². The largest absolute Gasteiger partial charge is 0.357 e. The van der Waals surface area contributed by atoms with Gasteiger partial charge in [-0.3, -0.25) is 4.79 Å². The van der Waals surface area contributed by atoms with E-state index in [4.69, 9.17) is 11.6 Å². The zero-order chi connectivity index (χ0) is 27.0. The zero-order valence-corrected chi connectivity index (χ0v) is 22.0. The molecule has 4 aromatic rings. The summed E-state index contributed by atoms with van der Waals surface area (Å²) in [7, 11) is 0. The Kier molecular flexibility index (Phi) is 7.03. The maximum absolute atomic E-state index is 14.8. The monoisotopic (exact) mass is 534 g/mol. The Hall–Kier alpha value is -3.98. The zero-order valence-electron chi connectivity index (χ0n) is 21.3. The molecule has 0 saturated carbocycles. The fourth-order valence-electron chi connectivity index (χ4n) is 5.05. The molecule has 0 spiro atoms. The minimum Gasteiger partial charge on any atom is -0.350 e. The Morgan fingerprint density at radius 2 is 2.03 bits per heavy atom. The number of imidazole rings is 1. The van der Waals surface area contributed by atoms with Gasteiger partial charge in [-0.2, -0.15) is 4.98 Å². The Bertz CT molecular complexity index is 1600. The van der Waals surface area contributed by atoms with Gasteiger partial charge in [0.15, 0.2) is 0 Å². The molecule has 0 aliphatic carbocycles. The fourth-order valence-corrected chi connectivity index (χ4v) is 5.32. The molecule has 10 heteroatoms. The van der Waals surface area contributed by atoms with Crippen LogP contribution in [0.15, 0.2) is 66.2 Å². The van der Waals surface area contributed by atoms with Gasteiger partial charge in [0.25, 0.3) is 0 Å². The third-order valence-electron chi connectivity index (χ3n) is 6.87. The molecule has 1 amide bonds.